The van der Waals surface area contributed by atoms with Gasteiger partial charge in [-0.3, -0.25) is 0 Å². The molecule has 0 bridgehead atoms. The van der Waals surface area contributed by atoms with Crippen LogP contribution in [-0.4, -0.2) is 31.1 Å². The number of rotatable bonds is 3. The van der Waals surface area contributed by atoms with Crippen LogP contribution >= 0.6 is 0 Å². The fourth-order valence-corrected chi connectivity index (χ4v) is 3.78. The van der Waals surface area contributed by atoms with Crippen LogP contribution in [0.4, 0.5) is 0 Å². The predicted octanol–water partition coefficient (Wildman–Crippen LogP) is 1.77. The largest absolute Gasteiger partial charge is 0.217 e. The Morgan fingerprint density at radius 1 is 1.40 bits per heavy atom. The summed E-state index contributed by atoms with van der Waals surface area (Å²) >= 11 is 0. The van der Waals surface area contributed by atoms with Crippen molar-refractivity contribution in [1.29, 1.82) is 0 Å². The van der Waals surface area contributed by atoms with E-state index in [9.17, 15) is 8.42 Å². The molecule has 0 amide bonds. The first-order valence-electron chi connectivity index (χ1n) is 5.69. The zero-order valence-electron chi connectivity index (χ0n) is 9.44. The van der Waals surface area contributed by atoms with Crippen molar-refractivity contribution >= 4 is 10.0 Å². The van der Waals surface area contributed by atoms with Gasteiger partial charge in [0.25, 0.3) is 0 Å². The SMILES string of the molecule is CC(C)C1=CCN(S(=O)(=O)C2CC2)CC1. The van der Waals surface area contributed by atoms with Crippen LogP contribution in [0.3, 0.4) is 0 Å². The van der Waals surface area contributed by atoms with Gasteiger partial charge in [0.2, 0.25) is 10.0 Å². The molecule has 0 aromatic heterocycles. The third-order valence-electron chi connectivity index (χ3n) is 3.25. The first-order chi connectivity index (χ1) is 7.01. The normalized spacial score (nSPS) is 24.3. The maximum Gasteiger partial charge on any atom is 0.217 e. The van der Waals surface area contributed by atoms with Crippen LogP contribution < -0.4 is 0 Å². The van der Waals surface area contributed by atoms with Gasteiger partial charge in [0.1, 0.15) is 0 Å². The molecule has 0 unspecified atom stereocenters. The third kappa shape index (κ3) is 2.26. The van der Waals surface area contributed by atoms with Gasteiger partial charge < -0.3 is 0 Å². The summed E-state index contributed by atoms with van der Waals surface area (Å²) < 4.78 is 25.5. The van der Waals surface area contributed by atoms with Crippen molar-refractivity contribution in [1.82, 2.24) is 4.31 Å². The Morgan fingerprint density at radius 3 is 2.47 bits per heavy atom. The average Bonchev–Trinajstić information content (AvgIpc) is 3.01. The minimum Gasteiger partial charge on any atom is -0.212 e. The molecule has 86 valence electrons. The maximum atomic E-state index is 11.9. The quantitative estimate of drug-likeness (QED) is 0.692. The lowest BCUT2D eigenvalue weighted by molar-refractivity contribution is 0.420. The van der Waals surface area contributed by atoms with E-state index in [1.165, 1.54) is 5.57 Å². The second-order valence-electron chi connectivity index (χ2n) is 4.79. The van der Waals surface area contributed by atoms with Crippen molar-refractivity contribution in [3.63, 3.8) is 0 Å². The summed E-state index contributed by atoms with van der Waals surface area (Å²) in [6, 6.07) is 0. The molecule has 0 saturated heterocycles. The van der Waals surface area contributed by atoms with Gasteiger partial charge in [-0.15, -0.1) is 0 Å². The highest BCUT2D eigenvalue weighted by Crippen LogP contribution is 2.32. The summed E-state index contributed by atoms with van der Waals surface area (Å²) in [5, 5.41) is -0.0634. The molecule has 0 spiro atoms. The summed E-state index contributed by atoms with van der Waals surface area (Å²) in [7, 11) is -2.95. The van der Waals surface area contributed by atoms with Gasteiger partial charge in [-0.05, 0) is 25.2 Å². The van der Waals surface area contributed by atoms with E-state index in [1.54, 1.807) is 4.31 Å². The fraction of sp³-hybridized carbons (Fsp3) is 0.818. The van der Waals surface area contributed by atoms with Crippen molar-refractivity contribution in [3.05, 3.63) is 11.6 Å². The second kappa shape index (κ2) is 3.91. The Bertz CT molecular complexity index is 366. The minimum absolute atomic E-state index is 0.0634. The summed E-state index contributed by atoms with van der Waals surface area (Å²) in [4.78, 5) is 0. The topological polar surface area (TPSA) is 37.4 Å². The molecule has 0 radical (unpaired) electrons. The van der Waals surface area contributed by atoms with Crippen LogP contribution in [0, 0.1) is 5.92 Å². The third-order valence-corrected chi connectivity index (χ3v) is 5.62. The Kier molecular flexibility index (Phi) is 2.90. The molecular weight excluding hydrogens is 210 g/mol. The molecular formula is C11H19NO2S. The van der Waals surface area contributed by atoms with Crippen molar-refractivity contribution in [3.8, 4) is 0 Å². The van der Waals surface area contributed by atoms with E-state index in [-0.39, 0.29) is 5.25 Å². The van der Waals surface area contributed by atoms with E-state index >= 15 is 0 Å². The number of hydrogen-bond acceptors (Lipinski definition) is 2. The molecule has 4 heteroatoms. The number of nitrogens with zero attached hydrogens (tertiary/aromatic N) is 1. The Balaban J connectivity index is 2.04. The van der Waals surface area contributed by atoms with E-state index in [1.807, 2.05) is 0 Å². The molecule has 0 atom stereocenters. The molecule has 0 aromatic rings. The smallest absolute Gasteiger partial charge is 0.212 e. The van der Waals surface area contributed by atoms with E-state index in [2.05, 4.69) is 19.9 Å². The Hall–Kier alpha value is -0.350. The monoisotopic (exact) mass is 229 g/mol. The van der Waals surface area contributed by atoms with E-state index in [0.717, 1.165) is 19.3 Å². The van der Waals surface area contributed by atoms with Crippen LogP contribution in [0.15, 0.2) is 11.6 Å². The molecule has 1 fully saturated rings. The standard InChI is InChI=1S/C11H19NO2S/c1-9(2)10-5-7-12(8-6-10)15(13,14)11-3-4-11/h5,9,11H,3-4,6-8H2,1-2H3. The number of hydrogen-bond donors (Lipinski definition) is 0. The molecule has 2 aliphatic rings. The summed E-state index contributed by atoms with van der Waals surface area (Å²) in [5.74, 6) is 0.552. The van der Waals surface area contributed by atoms with Gasteiger partial charge >= 0.3 is 0 Å². The second-order valence-corrected chi connectivity index (χ2v) is 7.00. The van der Waals surface area contributed by atoms with E-state index in [4.69, 9.17) is 0 Å². The van der Waals surface area contributed by atoms with Gasteiger partial charge in [0.05, 0.1) is 5.25 Å². The zero-order valence-corrected chi connectivity index (χ0v) is 10.3. The highest BCUT2D eigenvalue weighted by atomic mass is 32.2. The van der Waals surface area contributed by atoms with Crippen LogP contribution in [0.1, 0.15) is 33.1 Å². The van der Waals surface area contributed by atoms with Gasteiger partial charge in [0.15, 0.2) is 0 Å². The van der Waals surface area contributed by atoms with Crippen molar-refractivity contribution in [2.75, 3.05) is 13.1 Å². The van der Waals surface area contributed by atoms with Gasteiger partial charge in [0, 0.05) is 13.1 Å². The van der Waals surface area contributed by atoms with Crippen LogP contribution in [-0.2, 0) is 10.0 Å². The fourth-order valence-electron chi connectivity index (χ4n) is 2.00. The highest BCUT2D eigenvalue weighted by molar-refractivity contribution is 7.90. The summed E-state index contributed by atoms with van der Waals surface area (Å²) in [6.07, 6.45) is 4.72. The molecule has 1 saturated carbocycles. The minimum atomic E-state index is -2.95. The summed E-state index contributed by atoms with van der Waals surface area (Å²) in [5.41, 5.74) is 1.40. The Labute approximate surface area is 92.2 Å². The van der Waals surface area contributed by atoms with Crippen LogP contribution in [0.5, 0.6) is 0 Å². The van der Waals surface area contributed by atoms with Gasteiger partial charge in [-0.2, -0.15) is 4.31 Å². The first-order valence-corrected chi connectivity index (χ1v) is 7.20. The van der Waals surface area contributed by atoms with Crippen LogP contribution in [0.2, 0.25) is 0 Å². The highest BCUT2D eigenvalue weighted by Gasteiger charge is 2.40. The Morgan fingerprint density at radius 2 is 2.07 bits per heavy atom. The zero-order chi connectivity index (χ0) is 11.1. The van der Waals surface area contributed by atoms with Gasteiger partial charge in [-0.25, -0.2) is 8.42 Å². The van der Waals surface area contributed by atoms with Crippen molar-refractivity contribution in [2.24, 2.45) is 5.92 Å². The first kappa shape index (κ1) is 11.1. The maximum absolute atomic E-state index is 11.9. The van der Waals surface area contributed by atoms with E-state index in [0.29, 0.717) is 19.0 Å². The molecule has 1 aliphatic heterocycles. The molecule has 1 heterocycles. The molecule has 0 N–H and O–H groups in total. The molecule has 0 aromatic carbocycles. The van der Waals surface area contributed by atoms with Crippen molar-refractivity contribution in [2.45, 2.75) is 38.4 Å². The number of sulfonamides is 1. The molecule has 2 rings (SSSR count). The van der Waals surface area contributed by atoms with Crippen LogP contribution in [0.25, 0.3) is 0 Å². The van der Waals surface area contributed by atoms with Crippen molar-refractivity contribution < 1.29 is 8.42 Å². The molecule has 1 aliphatic carbocycles. The van der Waals surface area contributed by atoms with E-state index < -0.39 is 10.0 Å². The lowest BCUT2D eigenvalue weighted by Crippen LogP contribution is -2.37. The molecule has 3 nitrogen and oxygen atoms in total. The van der Waals surface area contributed by atoms with Gasteiger partial charge in [-0.1, -0.05) is 25.5 Å². The average molecular weight is 229 g/mol. The summed E-state index contributed by atoms with van der Waals surface area (Å²) in [6.45, 7) is 5.60. The lowest BCUT2D eigenvalue weighted by Gasteiger charge is -2.27. The molecule has 15 heavy (non-hydrogen) atoms. The predicted molar refractivity (Wildman–Crippen MR) is 61.1 cm³/mol. The lowest BCUT2D eigenvalue weighted by atomic mass is 9.98.